The third-order valence-corrected chi connectivity index (χ3v) is 2.67. The van der Waals surface area contributed by atoms with Crippen LogP contribution >= 0.6 is 0 Å². The van der Waals surface area contributed by atoms with Crippen LogP contribution in [0.2, 0.25) is 0 Å². The summed E-state index contributed by atoms with van der Waals surface area (Å²) in [5, 5.41) is 20.4. The van der Waals surface area contributed by atoms with E-state index < -0.39 is 4.92 Å². The Morgan fingerprint density at radius 1 is 1.22 bits per heavy atom. The largest absolute Gasteiger partial charge is 0.507 e. The lowest BCUT2D eigenvalue weighted by molar-refractivity contribution is -0.384. The lowest BCUT2D eigenvalue weighted by atomic mass is 10.0. The molecule has 0 bridgehead atoms. The fourth-order valence-corrected chi connectivity index (χ4v) is 1.74. The fraction of sp³-hybridized carbons (Fsp3) is 0.0769. The van der Waals surface area contributed by atoms with Crippen LogP contribution in [0.25, 0.3) is 11.1 Å². The molecule has 0 radical (unpaired) electrons. The maximum Gasteiger partial charge on any atom is 0.273 e. The van der Waals surface area contributed by atoms with Crippen molar-refractivity contribution in [3.63, 3.8) is 0 Å². The summed E-state index contributed by atoms with van der Waals surface area (Å²) in [5.74, 6) is -0.113. The summed E-state index contributed by atoms with van der Waals surface area (Å²) in [6, 6.07) is 11.4. The molecule has 0 unspecified atom stereocenters. The molecule has 0 fully saturated rings. The third kappa shape index (κ3) is 2.31. The van der Waals surface area contributed by atoms with Crippen LogP contribution in [0.1, 0.15) is 5.56 Å². The average Bonchev–Trinajstić information content (AvgIpc) is 2.38. The first-order valence-electron chi connectivity index (χ1n) is 5.38. The SMILES string of the molecule is NCc1cccc(-c2ccc([N+](=O)[O-])cc2O)c1. The molecule has 2 rings (SSSR count). The molecule has 0 spiro atoms. The van der Waals surface area contributed by atoms with E-state index in [0.29, 0.717) is 12.1 Å². The lowest BCUT2D eigenvalue weighted by Crippen LogP contribution is -1.96. The second-order valence-electron chi connectivity index (χ2n) is 3.86. The number of hydrogen-bond acceptors (Lipinski definition) is 4. The molecule has 5 heteroatoms. The van der Waals surface area contributed by atoms with E-state index in [2.05, 4.69) is 0 Å². The number of aromatic hydroxyl groups is 1. The number of nitrogens with two attached hydrogens (primary N) is 1. The summed E-state index contributed by atoms with van der Waals surface area (Å²) in [5.41, 5.74) is 7.68. The first-order valence-corrected chi connectivity index (χ1v) is 5.38. The van der Waals surface area contributed by atoms with Crippen LogP contribution in [0.15, 0.2) is 42.5 Å². The highest BCUT2D eigenvalue weighted by Gasteiger charge is 2.11. The van der Waals surface area contributed by atoms with Gasteiger partial charge in [-0.15, -0.1) is 0 Å². The Hall–Kier alpha value is -2.40. The topological polar surface area (TPSA) is 89.4 Å². The van der Waals surface area contributed by atoms with Crippen LogP contribution in [0.3, 0.4) is 0 Å². The first kappa shape index (κ1) is 12.1. The van der Waals surface area contributed by atoms with Crippen molar-refractivity contribution < 1.29 is 10.0 Å². The van der Waals surface area contributed by atoms with E-state index >= 15 is 0 Å². The predicted octanol–water partition coefficient (Wildman–Crippen LogP) is 2.43. The summed E-state index contributed by atoms with van der Waals surface area (Å²) < 4.78 is 0. The normalized spacial score (nSPS) is 10.3. The Bertz CT molecular complexity index is 597. The summed E-state index contributed by atoms with van der Waals surface area (Å²) in [6.45, 7) is 0.404. The number of nitro benzene ring substituents is 1. The van der Waals surface area contributed by atoms with Crippen LogP contribution in [0.5, 0.6) is 5.75 Å². The standard InChI is InChI=1S/C13H12N2O3/c14-8-9-2-1-3-10(6-9)12-5-4-11(15(17)18)7-13(12)16/h1-7,16H,8,14H2. The van der Waals surface area contributed by atoms with Gasteiger partial charge in [0.05, 0.1) is 11.0 Å². The molecule has 2 aromatic rings. The zero-order valence-corrected chi connectivity index (χ0v) is 9.54. The Balaban J connectivity index is 2.47. The molecule has 18 heavy (non-hydrogen) atoms. The summed E-state index contributed by atoms with van der Waals surface area (Å²) in [6.07, 6.45) is 0. The van der Waals surface area contributed by atoms with Gasteiger partial charge in [0.25, 0.3) is 5.69 Å². The molecule has 0 amide bonds. The van der Waals surface area contributed by atoms with Gasteiger partial charge >= 0.3 is 0 Å². The molecule has 0 aliphatic carbocycles. The van der Waals surface area contributed by atoms with E-state index in [-0.39, 0.29) is 11.4 Å². The van der Waals surface area contributed by atoms with Crippen LogP contribution in [-0.2, 0) is 6.54 Å². The number of nitrogens with zero attached hydrogens (tertiary/aromatic N) is 1. The van der Waals surface area contributed by atoms with Crippen molar-refractivity contribution in [1.29, 1.82) is 0 Å². The molecule has 0 aliphatic heterocycles. The highest BCUT2D eigenvalue weighted by Crippen LogP contribution is 2.32. The van der Waals surface area contributed by atoms with E-state index in [0.717, 1.165) is 17.2 Å². The number of rotatable bonds is 3. The molecule has 5 nitrogen and oxygen atoms in total. The van der Waals surface area contributed by atoms with Crippen molar-refractivity contribution in [1.82, 2.24) is 0 Å². The molecule has 0 atom stereocenters. The van der Waals surface area contributed by atoms with Crippen LogP contribution in [0, 0.1) is 10.1 Å². The Labute approximate surface area is 104 Å². The highest BCUT2D eigenvalue weighted by atomic mass is 16.6. The van der Waals surface area contributed by atoms with Gasteiger partial charge in [-0.2, -0.15) is 0 Å². The molecule has 92 valence electrons. The highest BCUT2D eigenvalue weighted by molar-refractivity contribution is 5.72. The molecule has 2 aromatic carbocycles. The molecular formula is C13H12N2O3. The van der Waals surface area contributed by atoms with Gasteiger partial charge in [0.15, 0.2) is 0 Å². The molecule has 0 aromatic heterocycles. The van der Waals surface area contributed by atoms with Gasteiger partial charge in [0.1, 0.15) is 5.75 Å². The quantitative estimate of drug-likeness (QED) is 0.641. The van der Waals surface area contributed by atoms with Gasteiger partial charge in [-0.05, 0) is 23.3 Å². The lowest BCUT2D eigenvalue weighted by Gasteiger charge is -2.06. The third-order valence-electron chi connectivity index (χ3n) is 2.67. The van der Waals surface area contributed by atoms with Crippen LogP contribution in [0.4, 0.5) is 5.69 Å². The summed E-state index contributed by atoms with van der Waals surface area (Å²) >= 11 is 0. The van der Waals surface area contributed by atoms with Gasteiger partial charge < -0.3 is 10.8 Å². The van der Waals surface area contributed by atoms with E-state index in [4.69, 9.17) is 5.73 Å². The zero-order valence-electron chi connectivity index (χ0n) is 9.54. The Morgan fingerprint density at radius 2 is 2.00 bits per heavy atom. The first-order chi connectivity index (χ1) is 8.61. The van der Waals surface area contributed by atoms with Gasteiger partial charge in [-0.1, -0.05) is 18.2 Å². The van der Waals surface area contributed by atoms with Crippen molar-refractivity contribution in [2.75, 3.05) is 0 Å². The number of phenolic OH excluding ortho intramolecular Hbond substituents is 1. The molecule has 0 saturated carbocycles. The Morgan fingerprint density at radius 3 is 2.61 bits per heavy atom. The molecule has 0 saturated heterocycles. The number of phenols is 1. The predicted molar refractivity (Wildman–Crippen MR) is 68.1 cm³/mol. The summed E-state index contributed by atoms with van der Waals surface area (Å²) in [7, 11) is 0. The maximum atomic E-state index is 10.6. The molecular weight excluding hydrogens is 232 g/mol. The number of nitro groups is 1. The molecule has 0 heterocycles. The average molecular weight is 244 g/mol. The van der Waals surface area contributed by atoms with Crippen molar-refractivity contribution >= 4 is 5.69 Å². The smallest absolute Gasteiger partial charge is 0.273 e. The van der Waals surface area contributed by atoms with Gasteiger partial charge in [-0.3, -0.25) is 10.1 Å². The number of hydrogen-bond donors (Lipinski definition) is 2. The minimum Gasteiger partial charge on any atom is -0.507 e. The van der Waals surface area contributed by atoms with E-state index in [1.165, 1.54) is 12.1 Å². The molecule has 3 N–H and O–H groups in total. The molecule has 0 aliphatic rings. The monoisotopic (exact) mass is 244 g/mol. The fourth-order valence-electron chi connectivity index (χ4n) is 1.74. The van der Waals surface area contributed by atoms with Crippen molar-refractivity contribution in [2.45, 2.75) is 6.54 Å². The number of benzene rings is 2. The van der Waals surface area contributed by atoms with Crippen molar-refractivity contribution in [3.05, 3.63) is 58.1 Å². The van der Waals surface area contributed by atoms with Gasteiger partial charge in [0.2, 0.25) is 0 Å². The maximum absolute atomic E-state index is 10.6. The minimum atomic E-state index is -0.542. The zero-order chi connectivity index (χ0) is 13.1. The van der Waals surface area contributed by atoms with E-state index in [1.807, 2.05) is 24.3 Å². The van der Waals surface area contributed by atoms with E-state index in [1.54, 1.807) is 0 Å². The van der Waals surface area contributed by atoms with Gasteiger partial charge in [-0.25, -0.2) is 0 Å². The van der Waals surface area contributed by atoms with Gasteiger partial charge in [0, 0.05) is 18.2 Å². The van der Waals surface area contributed by atoms with Crippen LogP contribution in [-0.4, -0.2) is 10.0 Å². The number of non-ortho nitro benzene ring substituents is 1. The van der Waals surface area contributed by atoms with Crippen molar-refractivity contribution in [3.8, 4) is 16.9 Å². The van der Waals surface area contributed by atoms with Crippen molar-refractivity contribution in [2.24, 2.45) is 5.73 Å². The van der Waals surface area contributed by atoms with E-state index in [9.17, 15) is 15.2 Å². The Kier molecular flexibility index (Phi) is 3.25. The summed E-state index contributed by atoms with van der Waals surface area (Å²) in [4.78, 5) is 10.0. The minimum absolute atomic E-state index is 0.113. The second kappa shape index (κ2) is 4.85. The second-order valence-corrected chi connectivity index (χ2v) is 3.86. The van der Waals surface area contributed by atoms with Crippen LogP contribution < -0.4 is 5.73 Å².